The van der Waals surface area contributed by atoms with Crippen LogP contribution in [0.2, 0.25) is 0 Å². The molecule has 0 fully saturated rings. The van der Waals surface area contributed by atoms with Crippen molar-refractivity contribution in [2.24, 2.45) is 0 Å². The Labute approximate surface area is 105 Å². The van der Waals surface area contributed by atoms with Crippen molar-refractivity contribution in [3.8, 4) is 0 Å². The maximum atomic E-state index is 13.7. The van der Waals surface area contributed by atoms with E-state index in [0.717, 1.165) is 0 Å². The van der Waals surface area contributed by atoms with Gasteiger partial charge in [-0.3, -0.25) is 4.79 Å². The fourth-order valence-electron chi connectivity index (χ4n) is 2.30. The van der Waals surface area contributed by atoms with Crippen molar-refractivity contribution in [3.05, 3.63) is 69.8 Å². The first-order valence-corrected chi connectivity index (χ1v) is 5.49. The van der Waals surface area contributed by atoms with Gasteiger partial charge in [-0.15, -0.1) is 0 Å². The molecule has 1 nitrogen and oxygen atoms in total. The summed E-state index contributed by atoms with van der Waals surface area (Å²) >= 11 is 0. The number of halogens is 4. The van der Waals surface area contributed by atoms with Gasteiger partial charge in [-0.2, -0.15) is 0 Å². The Morgan fingerprint density at radius 3 is 2.21 bits per heavy atom. The van der Waals surface area contributed by atoms with Crippen molar-refractivity contribution in [3.63, 3.8) is 0 Å². The highest BCUT2D eigenvalue weighted by Gasteiger charge is 2.33. The van der Waals surface area contributed by atoms with Crippen LogP contribution in [0.3, 0.4) is 0 Å². The van der Waals surface area contributed by atoms with E-state index in [9.17, 15) is 22.4 Å². The van der Waals surface area contributed by atoms with Crippen molar-refractivity contribution in [2.75, 3.05) is 0 Å². The molecule has 0 N–H and O–H groups in total. The number of carbonyl (C=O) groups excluding carboxylic acids is 1. The molecule has 0 aliphatic heterocycles. The quantitative estimate of drug-likeness (QED) is 0.346. The molecule has 0 aromatic heterocycles. The molecule has 5 heteroatoms. The monoisotopic (exact) mass is 266 g/mol. The summed E-state index contributed by atoms with van der Waals surface area (Å²) < 4.78 is 53.7. The lowest BCUT2D eigenvalue weighted by atomic mass is 9.84. The molecule has 0 atom stereocenters. The second-order valence-corrected chi connectivity index (χ2v) is 4.27. The number of fused-ring (bicyclic) bond motifs is 2. The summed E-state index contributed by atoms with van der Waals surface area (Å²) in [6.45, 7) is 0. The van der Waals surface area contributed by atoms with Crippen molar-refractivity contribution in [2.45, 2.75) is 6.42 Å². The third-order valence-electron chi connectivity index (χ3n) is 3.22. The first kappa shape index (κ1) is 11.9. The summed E-state index contributed by atoms with van der Waals surface area (Å²) in [6, 6.07) is 6.20. The van der Waals surface area contributed by atoms with Gasteiger partial charge >= 0.3 is 0 Å². The first-order chi connectivity index (χ1) is 9.02. The standard InChI is InChI=1S/C14H6F4O/c15-10-8-5-6-3-1-2-4-7(6)14(19)9(8)11(16)13(18)12(10)17/h1-4H,5H2. The summed E-state index contributed by atoms with van der Waals surface area (Å²) in [5, 5.41) is 0. The summed E-state index contributed by atoms with van der Waals surface area (Å²) in [5.41, 5.74) is -0.501. The van der Waals surface area contributed by atoms with E-state index in [0.29, 0.717) is 5.56 Å². The second kappa shape index (κ2) is 3.91. The highest BCUT2D eigenvalue weighted by atomic mass is 19.2. The van der Waals surface area contributed by atoms with Crippen LogP contribution in [0.4, 0.5) is 17.6 Å². The molecule has 0 amide bonds. The van der Waals surface area contributed by atoms with Crippen molar-refractivity contribution in [1.29, 1.82) is 0 Å². The Balaban J connectivity index is 2.35. The zero-order valence-corrected chi connectivity index (χ0v) is 9.44. The van der Waals surface area contributed by atoms with E-state index in [1.165, 1.54) is 6.07 Å². The van der Waals surface area contributed by atoms with Crippen LogP contribution in [-0.2, 0) is 6.42 Å². The molecule has 0 spiro atoms. The lowest BCUT2D eigenvalue weighted by molar-refractivity contribution is 0.102. The maximum Gasteiger partial charge on any atom is 0.198 e. The van der Waals surface area contributed by atoms with Gasteiger partial charge in [0.25, 0.3) is 0 Å². The second-order valence-electron chi connectivity index (χ2n) is 4.27. The molecule has 0 radical (unpaired) electrons. The van der Waals surface area contributed by atoms with Crippen molar-refractivity contribution in [1.82, 2.24) is 0 Å². The topological polar surface area (TPSA) is 17.1 Å². The highest BCUT2D eigenvalue weighted by Crippen LogP contribution is 2.33. The summed E-state index contributed by atoms with van der Waals surface area (Å²) in [6.07, 6.45) is -0.142. The molecule has 0 saturated heterocycles. The molecule has 3 rings (SSSR count). The number of benzene rings is 2. The fourth-order valence-corrected chi connectivity index (χ4v) is 2.30. The minimum atomic E-state index is -1.95. The Morgan fingerprint density at radius 2 is 1.47 bits per heavy atom. The molecule has 19 heavy (non-hydrogen) atoms. The van der Waals surface area contributed by atoms with Crippen LogP contribution >= 0.6 is 0 Å². The van der Waals surface area contributed by atoms with E-state index in [1.54, 1.807) is 18.2 Å². The number of carbonyl (C=O) groups is 1. The predicted molar refractivity (Wildman–Crippen MR) is 59.0 cm³/mol. The van der Waals surface area contributed by atoms with Gasteiger partial charge in [0.1, 0.15) is 0 Å². The molecule has 0 heterocycles. The predicted octanol–water partition coefficient (Wildman–Crippen LogP) is 3.38. The molecule has 1 aliphatic rings. The van der Waals surface area contributed by atoms with E-state index >= 15 is 0 Å². The van der Waals surface area contributed by atoms with Gasteiger partial charge in [-0.05, 0) is 5.56 Å². The number of ketones is 1. The van der Waals surface area contributed by atoms with E-state index in [-0.39, 0.29) is 12.0 Å². The zero-order chi connectivity index (χ0) is 13.7. The summed E-state index contributed by atoms with van der Waals surface area (Å²) in [5.74, 6) is -7.80. The number of rotatable bonds is 0. The van der Waals surface area contributed by atoms with Crippen LogP contribution < -0.4 is 0 Å². The molecule has 0 saturated carbocycles. The van der Waals surface area contributed by atoms with Gasteiger partial charge in [0.05, 0.1) is 5.56 Å². The zero-order valence-electron chi connectivity index (χ0n) is 9.44. The largest absolute Gasteiger partial charge is 0.288 e. The minimum absolute atomic E-state index is 0.142. The van der Waals surface area contributed by atoms with Gasteiger partial charge in [0.15, 0.2) is 29.1 Å². The Bertz CT molecular complexity index is 722. The van der Waals surface area contributed by atoms with Crippen LogP contribution in [0.5, 0.6) is 0 Å². The Hall–Kier alpha value is -2.17. The first-order valence-electron chi connectivity index (χ1n) is 5.49. The van der Waals surface area contributed by atoms with Crippen LogP contribution in [0.1, 0.15) is 27.0 Å². The fraction of sp³-hybridized carbons (Fsp3) is 0.0714. The number of hydrogen-bond donors (Lipinski definition) is 0. The summed E-state index contributed by atoms with van der Waals surface area (Å²) in [7, 11) is 0. The van der Waals surface area contributed by atoms with E-state index in [4.69, 9.17) is 0 Å². The molecular weight excluding hydrogens is 260 g/mol. The van der Waals surface area contributed by atoms with Crippen molar-refractivity contribution >= 4 is 5.78 Å². The number of hydrogen-bond acceptors (Lipinski definition) is 1. The van der Waals surface area contributed by atoms with Crippen molar-refractivity contribution < 1.29 is 22.4 Å². The van der Waals surface area contributed by atoms with Crippen LogP contribution in [0.25, 0.3) is 0 Å². The Morgan fingerprint density at radius 1 is 0.842 bits per heavy atom. The molecular formula is C14H6F4O. The molecule has 0 bridgehead atoms. The maximum absolute atomic E-state index is 13.7. The molecule has 0 unspecified atom stereocenters. The van der Waals surface area contributed by atoms with E-state index in [2.05, 4.69) is 0 Å². The third kappa shape index (κ3) is 1.51. The van der Waals surface area contributed by atoms with Crippen LogP contribution in [0.15, 0.2) is 24.3 Å². The molecule has 96 valence electrons. The lowest BCUT2D eigenvalue weighted by Crippen LogP contribution is -2.21. The van der Waals surface area contributed by atoms with Gasteiger partial charge in [0.2, 0.25) is 0 Å². The molecule has 2 aromatic rings. The smallest absolute Gasteiger partial charge is 0.198 e. The Kier molecular flexibility index (Phi) is 2.45. The van der Waals surface area contributed by atoms with E-state index < -0.39 is 40.2 Å². The molecule has 2 aromatic carbocycles. The normalized spacial score (nSPS) is 13.2. The lowest BCUT2D eigenvalue weighted by Gasteiger charge is -2.19. The van der Waals surface area contributed by atoms with Gasteiger partial charge in [0, 0.05) is 17.5 Å². The summed E-state index contributed by atoms with van der Waals surface area (Å²) in [4.78, 5) is 12.0. The van der Waals surface area contributed by atoms with Crippen LogP contribution in [0, 0.1) is 23.3 Å². The minimum Gasteiger partial charge on any atom is -0.288 e. The van der Waals surface area contributed by atoms with Crippen LogP contribution in [-0.4, -0.2) is 5.78 Å². The van der Waals surface area contributed by atoms with E-state index in [1.807, 2.05) is 0 Å². The average Bonchev–Trinajstić information content (AvgIpc) is 2.43. The third-order valence-corrected chi connectivity index (χ3v) is 3.22. The average molecular weight is 266 g/mol. The van der Waals surface area contributed by atoms with Gasteiger partial charge in [-0.25, -0.2) is 17.6 Å². The molecule has 1 aliphatic carbocycles. The highest BCUT2D eigenvalue weighted by molar-refractivity contribution is 6.12. The van der Waals surface area contributed by atoms with Gasteiger partial charge < -0.3 is 0 Å². The van der Waals surface area contributed by atoms with Gasteiger partial charge in [-0.1, -0.05) is 24.3 Å². The SMILES string of the molecule is O=C1c2ccccc2Cc2c(F)c(F)c(F)c(F)c21.